The highest BCUT2D eigenvalue weighted by molar-refractivity contribution is 4.83. The molecule has 0 bridgehead atoms. The van der Waals surface area contributed by atoms with E-state index in [9.17, 15) is 0 Å². The lowest BCUT2D eigenvalue weighted by Gasteiger charge is -2.11. The molecule has 0 aromatic carbocycles. The Balaban J connectivity index is -0.000000304. The molecule has 1 saturated heterocycles. The summed E-state index contributed by atoms with van der Waals surface area (Å²) in [6.07, 6.45) is 7.06. The first-order valence-electron chi connectivity index (χ1n) is 7.51. The first-order valence-corrected chi connectivity index (χ1v) is 7.51. The summed E-state index contributed by atoms with van der Waals surface area (Å²) in [7, 11) is 1.65. The molecule has 0 radical (unpaired) electrons. The van der Waals surface area contributed by atoms with Gasteiger partial charge in [0.2, 0.25) is 0 Å². The van der Waals surface area contributed by atoms with Crippen molar-refractivity contribution in [1.82, 2.24) is 0 Å². The van der Waals surface area contributed by atoms with Crippen molar-refractivity contribution in [2.24, 2.45) is 0 Å². The first-order chi connectivity index (χ1) is 9.86. The van der Waals surface area contributed by atoms with E-state index in [1.165, 1.54) is 13.8 Å². The normalized spacial score (nSPS) is 19.8. The lowest BCUT2D eigenvalue weighted by molar-refractivity contribution is -0.127. The fraction of sp³-hybridized carbons (Fsp3) is 0.875. The molecular formula is C16H34O5. The van der Waals surface area contributed by atoms with Gasteiger partial charge in [-0.05, 0) is 20.3 Å². The maximum Gasteiger partial charge on any atom is 0.157 e. The highest BCUT2D eigenvalue weighted by atomic mass is 16.7. The van der Waals surface area contributed by atoms with Gasteiger partial charge in [0.15, 0.2) is 12.1 Å². The zero-order valence-corrected chi connectivity index (χ0v) is 14.7. The number of hydrogen-bond donors (Lipinski definition) is 2. The standard InChI is InChI=1S/C9H14O3.C3H8O2.2C2H6/c1-3-6-11-7-8-4-5-9(10-2)12-8;1-3(2,4)5;2*1-2/h1,8-9H,4-7H2,2H3;4-5H,1-2H3;2*1-2H3. The lowest BCUT2D eigenvalue weighted by atomic mass is 10.2. The van der Waals surface area contributed by atoms with E-state index in [1.54, 1.807) is 7.11 Å². The number of methoxy groups -OCH3 is 1. The minimum Gasteiger partial charge on any atom is -0.366 e. The van der Waals surface area contributed by atoms with Crippen molar-refractivity contribution < 1.29 is 24.4 Å². The Morgan fingerprint density at radius 2 is 1.67 bits per heavy atom. The van der Waals surface area contributed by atoms with Crippen molar-refractivity contribution >= 4 is 0 Å². The van der Waals surface area contributed by atoms with Crippen LogP contribution in [0.15, 0.2) is 0 Å². The number of terminal acetylenes is 1. The van der Waals surface area contributed by atoms with E-state index in [2.05, 4.69) is 5.92 Å². The van der Waals surface area contributed by atoms with Crippen LogP contribution >= 0.6 is 0 Å². The molecule has 5 heteroatoms. The van der Waals surface area contributed by atoms with E-state index in [4.69, 9.17) is 30.8 Å². The van der Waals surface area contributed by atoms with Crippen LogP contribution in [0.1, 0.15) is 54.4 Å². The summed E-state index contributed by atoms with van der Waals surface area (Å²) >= 11 is 0. The fourth-order valence-electron chi connectivity index (χ4n) is 1.22. The Labute approximate surface area is 130 Å². The Bertz CT molecular complexity index is 224. The van der Waals surface area contributed by atoms with E-state index < -0.39 is 5.79 Å². The predicted octanol–water partition coefficient (Wildman–Crippen LogP) is 2.55. The molecular weight excluding hydrogens is 272 g/mol. The van der Waals surface area contributed by atoms with Gasteiger partial charge in [-0.2, -0.15) is 0 Å². The maximum absolute atomic E-state index is 8.08. The lowest BCUT2D eigenvalue weighted by Crippen LogP contribution is -2.17. The van der Waals surface area contributed by atoms with Gasteiger partial charge in [0.1, 0.15) is 6.61 Å². The topological polar surface area (TPSA) is 68.2 Å². The largest absolute Gasteiger partial charge is 0.366 e. The second kappa shape index (κ2) is 17.4. The van der Waals surface area contributed by atoms with Gasteiger partial charge in [-0.3, -0.25) is 0 Å². The minimum atomic E-state index is -1.50. The number of ether oxygens (including phenoxy) is 3. The Kier molecular flexibility index (Phi) is 21.0. The van der Waals surface area contributed by atoms with E-state index in [1.807, 2.05) is 27.7 Å². The Hall–Kier alpha value is -0.640. The summed E-state index contributed by atoms with van der Waals surface area (Å²) in [4.78, 5) is 0. The average molecular weight is 306 g/mol. The zero-order valence-electron chi connectivity index (χ0n) is 14.7. The van der Waals surface area contributed by atoms with Gasteiger partial charge in [0.05, 0.1) is 12.7 Å². The SMILES string of the molecule is C#CCOCC1CCC(OC)O1.CC.CC.CC(C)(O)O. The summed E-state index contributed by atoms with van der Waals surface area (Å²) in [6, 6.07) is 0. The van der Waals surface area contributed by atoms with Crippen LogP contribution in [-0.2, 0) is 14.2 Å². The molecule has 0 spiro atoms. The molecule has 1 aliphatic rings. The molecule has 2 unspecified atom stereocenters. The second-order valence-corrected chi connectivity index (χ2v) is 4.21. The molecule has 21 heavy (non-hydrogen) atoms. The van der Waals surface area contributed by atoms with E-state index >= 15 is 0 Å². The predicted molar refractivity (Wildman–Crippen MR) is 85.8 cm³/mol. The third kappa shape index (κ3) is 24.7. The van der Waals surface area contributed by atoms with Crippen molar-refractivity contribution in [3.63, 3.8) is 0 Å². The molecule has 0 amide bonds. The van der Waals surface area contributed by atoms with Gasteiger partial charge in [-0.15, -0.1) is 6.42 Å². The van der Waals surface area contributed by atoms with Gasteiger partial charge >= 0.3 is 0 Å². The fourth-order valence-corrected chi connectivity index (χ4v) is 1.22. The van der Waals surface area contributed by atoms with Gasteiger partial charge in [0, 0.05) is 13.5 Å². The zero-order chi connectivity index (χ0) is 17.3. The van der Waals surface area contributed by atoms with E-state index in [0.717, 1.165) is 12.8 Å². The number of hydrogen-bond acceptors (Lipinski definition) is 5. The highest BCUT2D eigenvalue weighted by Gasteiger charge is 2.24. The van der Waals surface area contributed by atoms with E-state index in [-0.39, 0.29) is 12.4 Å². The van der Waals surface area contributed by atoms with Gasteiger partial charge in [-0.1, -0.05) is 33.6 Å². The quantitative estimate of drug-likeness (QED) is 0.474. The van der Waals surface area contributed by atoms with Crippen LogP contribution < -0.4 is 0 Å². The molecule has 0 aromatic rings. The second-order valence-electron chi connectivity index (χ2n) is 4.21. The molecule has 0 aliphatic carbocycles. The summed E-state index contributed by atoms with van der Waals surface area (Å²) in [5, 5.41) is 16.2. The number of rotatable bonds is 4. The van der Waals surface area contributed by atoms with Crippen molar-refractivity contribution in [3.8, 4) is 12.3 Å². The third-order valence-electron chi connectivity index (χ3n) is 1.82. The van der Waals surface area contributed by atoms with Crippen molar-refractivity contribution in [1.29, 1.82) is 0 Å². The van der Waals surface area contributed by atoms with Crippen LogP contribution in [0.3, 0.4) is 0 Å². The van der Waals surface area contributed by atoms with Gasteiger partial charge < -0.3 is 24.4 Å². The summed E-state index contributed by atoms with van der Waals surface area (Å²) < 4.78 is 15.6. The van der Waals surface area contributed by atoms with Gasteiger partial charge in [-0.25, -0.2) is 0 Å². The summed E-state index contributed by atoms with van der Waals surface area (Å²) in [5.74, 6) is 0.908. The molecule has 5 nitrogen and oxygen atoms in total. The van der Waals surface area contributed by atoms with Crippen LogP contribution in [0.2, 0.25) is 0 Å². The molecule has 1 rings (SSSR count). The van der Waals surface area contributed by atoms with Crippen LogP contribution in [0.4, 0.5) is 0 Å². The van der Waals surface area contributed by atoms with Crippen molar-refractivity contribution in [3.05, 3.63) is 0 Å². The monoisotopic (exact) mass is 306 g/mol. The molecule has 1 heterocycles. The molecule has 0 saturated carbocycles. The highest BCUT2D eigenvalue weighted by Crippen LogP contribution is 2.19. The number of aliphatic hydroxyl groups is 2. The Morgan fingerprint density at radius 3 is 2.00 bits per heavy atom. The van der Waals surface area contributed by atoms with Crippen molar-refractivity contribution in [2.75, 3.05) is 20.3 Å². The molecule has 128 valence electrons. The Morgan fingerprint density at radius 1 is 1.19 bits per heavy atom. The van der Waals surface area contributed by atoms with Crippen LogP contribution in [-0.4, -0.2) is 48.7 Å². The summed E-state index contributed by atoms with van der Waals surface area (Å²) in [5.41, 5.74) is 0. The molecule has 0 aromatic heterocycles. The maximum atomic E-state index is 8.08. The molecule has 1 aliphatic heterocycles. The van der Waals surface area contributed by atoms with Crippen LogP contribution in [0, 0.1) is 12.3 Å². The minimum absolute atomic E-state index is 0.0514. The van der Waals surface area contributed by atoms with Gasteiger partial charge in [0.25, 0.3) is 0 Å². The third-order valence-corrected chi connectivity index (χ3v) is 1.82. The van der Waals surface area contributed by atoms with Crippen LogP contribution in [0.5, 0.6) is 0 Å². The molecule has 2 atom stereocenters. The first kappa shape index (κ1) is 25.3. The molecule has 1 fully saturated rings. The summed E-state index contributed by atoms with van der Waals surface area (Å²) in [6.45, 7) is 11.5. The van der Waals surface area contributed by atoms with E-state index in [0.29, 0.717) is 13.2 Å². The van der Waals surface area contributed by atoms with Crippen molar-refractivity contribution in [2.45, 2.75) is 72.6 Å². The average Bonchev–Trinajstić information content (AvgIpc) is 2.90. The van der Waals surface area contributed by atoms with Crippen LogP contribution in [0.25, 0.3) is 0 Å². The smallest absolute Gasteiger partial charge is 0.157 e. The molecule has 2 N–H and O–H groups in total.